The maximum Gasteiger partial charge on any atom is 0.338 e. The number of likely N-dealkylation sites (tertiary alicyclic amines) is 1. The second kappa shape index (κ2) is 14.1. The fraction of sp³-hybridized carbons (Fsp3) is 0.333. The lowest BCUT2D eigenvalue weighted by Crippen LogP contribution is -2.47. The molecule has 0 amide bonds. The second-order valence-corrected chi connectivity index (χ2v) is 13.5. The topological polar surface area (TPSA) is 128 Å². The number of piperidine rings is 1. The molecule has 4 aromatic heterocycles. The van der Waals surface area contributed by atoms with Crippen LogP contribution in [0.2, 0.25) is 5.02 Å². The number of halogens is 3. The zero-order valence-corrected chi connectivity index (χ0v) is 29.1. The van der Waals surface area contributed by atoms with E-state index in [9.17, 15) is 28.7 Å². The number of hydrogen-bond acceptors (Lipinski definition) is 9. The zero-order chi connectivity index (χ0) is 35.7. The number of benzene rings is 1. The molecule has 1 aliphatic heterocycles. The Morgan fingerprint density at radius 3 is 2.68 bits per heavy atom. The van der Waals surface area contributed by atoms with Crippen LogP contribution in [0.3, 0.4) is 0 Å². The van der Waals surface area contributed by atoms with Gasteiger partial charge in [-0.05, 0) is 44.0 Å². The summed E-state index contributed by atoms with van der Waals surface area (Å²) in [6.07, 6.45) is 4.04. The van der Waals surface area contributed by atoms with Gasteiger partial charge in [0.15, 0.2) is 0 Å². The van der Waals surface area contributed by atoms with Gasteiger partial charge >= 0.3 is 5.97 Å². The van der Waals surface area contributed by atoms with Gasteiger partial charge in [-0.3, -0.25) is 19.2 Å². The number of thiophene rings is 1. The molecule has 1 saturated heterocycles. The van der Waals surface area contributed by atoms with Crippen molar-refractivity contribution in [1.29, 1.82) is 5.26 Å². The van der Waals surface area contributed by atoms with Crippen LogP contribution in [0.5, 0.6) is 0 Å². The first-order valence-electron chi connectivity index (χ1n) is 15.9. The fourth-order valence-electron chi connectivity index (χ4n) is 6.30. The van der Waals surface area contributed by atoms with Gasteiger partial charge in [0.2, 0.25) is 0 Å². The standard InChI is InChI=1S/C36H32ClF2N7O3S/c1-4-36(38,39)20-45-14-10-24(11-15-45)44(3)33-27(17-40)30-29(18-42-33)43-21(2)46(34(30)47)13-5-6-22-7-8-23(37)16-26(22)25-9-12-41-31-28(35(48)49)19-50-32(25)31/h7-9,12,16,18-19,24H,4,10-11,13-15,20H2,1-3H3,(H,48,49). The highest BCUT2D eigenvalue weighted by atomic mass is 35.5. The van der Waals surface area contributed by atoms with Gasteiger partial charge in [-0.1, -0.05) is 30.4 Å². The minimum Gasteiger partial charge on any atom is -0.478 e. The molecule has 0 atom stereocenters. The van der Waals surface area contributed by atoms with E-state index in [1.165, 1.54) is 29.0 Å². The van der Waals surface area contributed by atoms with Crippen LogP contribution in [0.1, 0.15) is 53.5 Å². The molecular weight excluding hydrogens is 684 g/mol. The Morgan fingerprint density at radius 1 is 1.22 bits per heavy atom. The van der Waals surface area contributed by atoms with Crippen molar-refractivity contribution in [3.63, 3.8) is 0 Å². The van der Waals surface area contributed by atoms with Gasteiger partial charge in [-0.25, -0.2) is 23.5 Å². The van der Waals surface area contributed by atoms with Crippen LogP contribution in [0, 0.1) is 30.1 Å². The van der Waals surface area contributed by atoms with Gasteiger partial charge in [-0.2, -0.15) is 5.26 Å². The summed E-state index contributed by atoms with van der Waals surface area (Å²) in [4.78, 5) is 42.7. The van der Waals surface area contributed by atoms with Gasteiger partial charge in [0.25, 0.3) is 11.5 Å². The maximum absolute atomic E-state index is 14.0. The Labute approximate surface area is 295 Å². The van der Waals surface area contributed by atoms with Crippen molar-refractivity contribution in [2.24, 2.45) is 0 Å². The molecule has 1 aromatic carbocycles. The number of alkyl halides is 2. The number of carboxylic acids is 1. The number of carboxylic acid groups (broad SMARTS) is 1. The normalized spacial score (nSPS) is 14.0. The van der Waals surface area contributed by atoms with E-state index in [4.69, 9.17) is 11.6 Å². The van der Waals surface area contributed by atoms with Crippen LogP contribution in [0.4, 0.5) is 14.6 Å². The average Bonchev–Trinajstić information content (AvgIpc) is 3.54. The lowest BCUT2D eigenvalue weighted by Gasteiger charge is -2.38. The Kier molecular flexibility index (Phi) is 9.85. The maximum atomic E-state index is 14.0. The average molecular weight is 716 g/mol. The first kappa shape index (κ1) is 34.9. The Balaban J connectivity index is 1.31. The molecule has 0 radical (unpaired) electrons. The lowest BCUT2D eigenvalue weighted by atomic mass is 10.00. The van der Waals surface area contributed by atoms with E-state index in [1.54, 1.807) is 54.7 Å². The van der Waals surface area contributed by atoms with Gasteiger partial charge in [0.05, 0.1) is 46.0 Å². The van der Waals surface area contributed by atoms with Crippen LogP contribution in [-0.4, -0.2) is 74.1 Å². The highest BCUT2D eigenvalue weighted by Crippen LogP contribution is 2.36. The van der Waals surface area contributed by atoms with E-state index in [1.807, 2.05) is 4.90 Å². The first-order valence-corrected chi connectivity index (χ1v) is 17.2. The number of aromatic carboxylic acids is 1. The summed E-state index contributed by atoms with van der Waals surface area (Å²) in [7, 11) is 1.81. The molecule has 14 heteroatoms. The van der Waals surface area contributed by atoms with E-state index in [-0.39, 0.29) is 42.1 Å². The van der Waals surface area contributed by atoms with Gasteiger partial charge < -0.3 is 10.0 Å². The largest absolute Gasteiger partial charge is 0.478 e. The summed E-state index contributed by atoms with van der Waals surface area (Å²) in [5, 5.41) is 22.0. The molecule has 0 aliphatic carbocycles. The molecule has 5 aromatic rings. The van der Waals surface area contributed by atoms with Crippen LogP contribution in [0.15, 0.2) is 46.8 Å². The molecule has 1 fully saturated rings. The molecule has 0 spiro atoms. The van der Waals surface area contributed by atoms with E-state index in [2.05, 4.69) is 32.9 Å². The molecule has 0 bridgehead atoms. The Hall–Kier alpha value is -4.95. The number of aryl methyl sites for hydroxylation is 1. The van der Waals surface area contributed by atoms with Gasteiger partial charge in [0, 0.05) is 65.9 Å². The number of nitriles is 1. The van der Waals surface area contributed by atoms with Crippen molar-refractivity contribution < 1.29 is 18.7 Å². The molecule has 0 unspecified atom stereocenters. The number of hydrogen-bond donors (Lipinski definition) is 1. The minimum atomic E-state index is -2.73. The smallest absolute Gasteiger partial charge is 0.338 e. The molecule has 5 heterocycles. The van der Waals surface area contributed by atoms with E-state index < -0.39 is 17.5 Å². The number of anilines is 1. The van der Waals surface area contributed by atoms with Crippen molar-refractivity contribution in [3.05, 3.63) is 79.9 Å². The number of aromatic nitrogens is 4. The van der Waals surface area contributed by atoms with Crippen molar-refractivity contribution >= 4 is 55.8 Å². The quantitative estimate of drug-likeness (QED) is 0.177. The van der Waals surface area contributed by atoms with Crippen molar-refractivity contribution in [2.45, 2.75) is 51.6 Å². The summed E-state index contributed by atoms with van der Waals surface area (Å²) in [6.45, 7) is 3.84. The highest BCUT2D eigenvalue weighted by molar-refractivity contribution is 7.18. The predicted octanol–water partition coefficient (Wildman–Crippen LogP) is 6.60. The highest BCUT2D eigenvalue weighted by Gasteiger charge is 2.33. The molecule has 1 aliphatic rings. The number of pyridine rings is 2. The molecule has 50 heavy (non-hydrogen) atoms. The summed E-state index contributed by atoms with van der Waals surface area (Å²) in [5.74, 6) is 3.15. The molecule has 10 nitrogen and oxygen atoms in total. The van der Waals surface area contributed by atoms with Crippen LogP contribution < -0.4 is 10.5 Å². The Morgan fingerprint density at radius 2 is 1.98 bits per heavy atom. The molecule has 1 N–H and O–H groups in total. The van der Waals surface area contributed by atoms with Crippen LogP contribution in [-0.2, 0) is 6.54 Å². The second-order valence-electron chi connectivity index (χ2n) is 12.2. The third-order valence-corrected chi connectivity index (χ3v) is 10.3. The minimum absolute atomic E-state index is 0.0250. The van der Waals surface area contributed by atoms with E-state index in [0.29, 0.717) is 69.5 Å². The summed E-state index contributed by atoms with van der Waals surface area (Å²) >= 11 is 7.65. The predicted molar refractivity (Wildman–Crippen MR) is 190 cm³/mol. The fourth-order valence-corrected chi connectivity index (χ4v) is 7.50. The summed E-state index contributed by atoms with van der Waals surface area (Å²) < 4.78 is 30.0. The summed E-state index contributed by atoms with van der Waals surface area (Å²) in [5.41, 5.74) is 2.48. The monoisotopic (exact) mass is 715 g/mol. The number of rotatable bonds is 8. The van der Waals surface area contributed by atoms with E-state index in [0.717, 1.165) is 5.56 Å². The first-order chi connectivity index (χ1) is 23.9. The SMILES string of the molecule is CCC(F)(F)CN1CCC(N(C)c2ncc3nc(C)n(CC#Cc4ccc(Cl)cc4-c4ccnc5c(C(=O)O)csc45)c(=O)c3c2C#N)CC1. The lowest BCUT2D eigenvalue weighted by molar-refractivity contribution is -0.0397. The van der Waals surface area contributed by atoms with Crippen LogP contribution >= 0.6 is 22.9 Å². The molecular formula is C36H32ClF2N7O3S. The molecule has 256 valence electrons. The Bertz CT molecular complexity index is 2300. The van der Waals surface area contributed by atoms with Crippen molar-refractivity contribution in [1.82, 2.24) is 24.4 Å². The third-order valence-electron chi connectivity index (χ3n) is 9.11. The number of fused-ring (bicyclic) bond motifs is 2. The van der Waals surface area contributed by atoms with Crippen molar-refractivity contribution in [3.8, 4) is 29.0 Å². The van der Waals surface area contributed by atoms with Crippen molar-refractivity contribution in [2.75, 3.05) is 31.6 Å². The molecule has 6 rings (SSSR count). The summed E-state index contributed by atoms with van der Waals surface area (Å²) in [6, 6.07) is 9.12. The number of nitrogens with zero attached hydrogens (tertiary/aromatic N) is 7. The van der Waals surface area contributed by atoms with Crippen LogP contribution in [0.25, 0.3) is 32.2 Å². The number of carbonyl (C=O) groups is 1. The van der Waals surface area contributed by atoms with E-state index >= 15 is 0 Å². The zero-order valence-electron chi connectivity index (χ0n) is 27.5. The van der Waals surface area contributed by atoms with Gasteiger partial charge in [0.1, 0.15) is 23.3 Å². The third kappa shape index (κ3) is 6.77. The molecule has 0 saturated carbocycles. The van der Waals surface area contributed by atoms with Gasteiger partial charge in [-0.15, -0.1) is 11.3 Å².